The SMILES string of the molecule is CCCC/C=C\CCCCCCC/C=C/CCCOC(C)=O. The van der Waals surface area contributed by atoms with E-state index in [-0.39, 0.29) is 5.97 Å². The van der Waals surface area contributed by atoms with Crippen molar-refractivity contribution in [2.24, 2.45) is 0 Å². The summed E-state index contributed by atoms with van der Waals surface area (Å²) in [5.74, 6) is -0.180. The highest BCUT2D eigenvalue weighted by Gasteiger charge is 1.91. The second-order valence-corrected chi connectivity index (χ2v) is 5.91. The Balaban J connectivity index is 3.13. The van der Waals surface area contributed by atoms with Crippen LogP contribution in [-0.2, 0) is 9.53 Å². The lowest BCUT2D eigenvalue weighted by atomic mass is 10.1. The Kier molecular flexibility index (Phi) is 17.1. The molecule has 0 N–H and O–H groups in total. The van der Waals surface area contributed by atoms with E-state index in [0.717, 1.165) is 12.8 Å². The molecule has 0 rings (SSSR count). The molecular weight excluding hydrogens is 272 g/mol. The molecule has 0 aliphatic heterocycles. The zero-order valence-corrected chi connectivity index (χ0v) is 14.8. The first-order chi connectivity index (χ1) is 10.8. The van der Waals surface area contributed by atoms with Crippen LogP contribution >= 0.6 is 0 Å². The van der Waals surface area contributed by atoms with Gasteiger partial charge in [0.1, 0.15) is 0 Å². The number of unbranched alkanes of at least 4 members (excludes halogenated alkanes) is 9. The Labute approximate surface area is 138 Å². The summed E-state index contributed by atoms with van der Waals surface area (Å²) in [6.07, 6.45) is 24.2. The van der Waals surface area contributed by atoms with Crippen LogP contribution in [0.4, 0.5) is 0 Å². The van der Waals surface area contributed by atoms with E-state index in [1.165, 1.54) is 71.1 Å². The fourth-order valence-corrected chi connectivity index (χ4v) is 2.27. The normalized spacial score (nSPS) is 11.5. The van der Waals surface area contributed by atoms with Crippen molar-refractivity contribution in [2.75, 3.05) is 6.61 Å². The third kappa shape index (κ3) is 18.9. The lowest BCUT2D eigenvalue weighted by Crippen LogP contribution is -1.99. The summed E-state index contributed by atoms with van der Waals surface area (Å²) in [5.41, 5.74) is 0. The van der Waals surface area contributed by atoms with E-state index in [0.29, 0.717) is 6.61 Å². The predicted octanol–water partition coefficient (Wildman–Crippen LogP) is 6.36. The number of hydrogen-bond acceptors (Lipinski definition) is 2. The summed E-state index contributed by atoms with van der Waals surface area (Å²) in [7, 11) is 0. The molecule has 0 saturated heterocycles. The Bertz CT molecular complexity index is 292. The molecule has 128 valence electrons. The average Bonchev–Trinajstić information content (AvgIpc) is 2.50. The van der Waals surface area contributed by atoms with Crippen molar-refractivity contribution in [1.29, 1.82) is 0 Å². The second kappa shape index (κ2) is 18.0. The third-order valence-corrected chi connectivity index (χ3v) is 3.62. The number of carbonyl (C=O) groups is 1. The van der Waals surface area contributed by atoms with Crippen LogP contribution in [0.1, 0.15) is 90.9 Å². The van der Waals surface area contributed by atoms with Gasteiger partial charge in [-0.05, 0) is 44.9 Å². The fraction of sp³-hybridized carbons (Fsp3) is 0.750. The Morgan fingerprint density at radius 1 is 0.727 bits per heavy atom. The highest BCUT2D eigenvalue weighted by atomic mass is 16.5. The molecule has 0 amide bonds. The van der Waals surface area contributed by atoms with Gasteiger partial charge in [-0.25, -0.2) is 0 Å². The van der Waals surface area contributed by atoms with Gasteiger partial charge in [0.25, 0.3) is 0 Å². The zero-order chi connectivity index (χ0) is 16.3. The first kappa shape index (κ1) is 20.9. The molecule has 0 aromatic heterocycles. The first-order valence-corrected chi connectivity index (χ1v) is 9.20. The summed E-state index contributed by atoms with van der Waals surface area (Å²) in [6.45, 7) is 4.25. The maximum Gasteiger partial charge on any atom is 0.302 e. The van der Waals surface area contributed by atoms with E-state index in [1.54, 1.807) is 0 Å². The predicted molar refractivity (Wildman–Crippen MR) is 96.0 cm³/mol. The zero-order valence-electron chi connectivity index (χ0n) is 14.8. The van der Waals surface area contributed by atoms with Gasteiger partial charge >= 0.3 is 5.97 Å². The maximum absolute atomic E-state index is 10.6. The van der Waals surface area contributed by atoms with E-state index in [2.05, 4.69) is 31.2 Å². The molecule has 0 radical (unpaired) electrons. The number of rotatable bonds is 15. The summed E-state index contributed by atoms with van der Waals surface area (Å²) in [4.78, 5) is 10.6. The van der Waals surface area contributed by atoms with Crippen LogP contribution in [0.15, 0.2) is 24.3 Å². The molecular formula is C20H36O2. The van der Waals surface area contributed by atoms with Gasteiger partial charge in [0.15, 0.2) is 0 Å². The van der Waals surface area contributed by atoms with Gasteiger partial charge in [-0.3, -0.25) is 4.79 Å². The number of hydrogen-bond donors (Lipinski definition) is 0. The largest absolute Gasteiger partial charge is 0.466 e. The molecule has 0 aliphatic rings. The van der Waals surface area contributed by atoms with Crippen molar-refractivity contribution in [1.82, 2.24) is 0 Å². The number of esters is 1. The summed E-state index contributed by atoms with van der Waals surface area (Å²) < 4.78 is 4.88. The highest BCUT2D eigenvalue weighted by Crippen LogP contribution is 2.08. The summed E-state index contributed by atoms with van der Waals surface area (Å²) >= 11 is 0. The molecule has 2 heteroatoms. The smallest absolute Gasteiger partial charge is 0.302 e. The van der Waals surface area contributed by atoms with Crippen LogP contribution in [0.2, 0.25) is 0 Å². The van der Waals surface area contributed by atoms with E-state index in [1.807, 2.05) is 0 Å². The van der Waals surface area contributed by atoms with Gasteiger partial charge in [-0.1, -0.05) is 63.3 Å². The number of allylic oxidation sites excluding steroid dienone is 4. The Morgan fingerprint density at radius 3 is 1.68 bits per heavy atom. The van der Waals surface area contributed by atoms with Crippen LogP contribution in [0.3, 0.4) is 0 Å². The topological polar surface area (TPSA) is 26.3 Å². The first-order valence-electron chi connectivity index (χ1n) is 9.20. The molecule has 0 spiro atoms. The second-order valence-electron chi connectivity index (χ2n) is 5.91. The molecule has 22 heavy (non-hydrogen) atoms. The van der Waals surface area contributed by atoms with Gasteiger partial charge in [0.05, 0.1) is 6.61 Å². The van der Waals surface area contributed by atoms with Crippen LogP contribution in [0.5, 0.6) is 0 Å². The van der Waals surface area contributed by atoms with Crippen LogP contribution in [-0.4, -0.2) is 12.6 Å². The molecule has 0 heterocycles. The quantitative estimate of drug-likeness (QED) is 0.200. The molecule has 0 fully saturated rings. The van der Waals surface area contributed by atoms with Crippen LogP contribution < -0.4 is 0 Å². The van der Waals surface area contributed by atoms with E-state index in [4.69, 9.17) is 4.74 Å². The molecule has 0 aromatic carbocycles. The van der Waals surface area contributed by atoms with Crippen molar-refractivity contribution >= 4 is 5.97 Å². The molecule has 0 saturated carbocycles. The fourth-order valence-electron chi connectivity index (χ4n) is 2.27. The van der Waals surface area contributed by atoms with Crippen molar-refractivity contribution < 1.29 is 9.53 Å². The van der Waals surface area contributed by atoms with Crippen LogP contribution in [0, 0.1) is 0 Å². The van der Waals surface area contributed by atoms with E-state index >= 15 is 0 Å². The number of ether oxygens (including phenoxy) is 1. The van der Waals surface area contributed by atoms with Crippen molar-refractivity contribution in [3.8, 4) is 0 Å². The Morgan fingerprint density at radius 2 is 1.18 bits per heavy atom. The molecule has 0 atom stereocenters. The van der Waals surface area contributed by atoms with Gasteiger partial charge in [0, 0.05) is 6.92 Å². The van der Waals surface area contributed by atoms with E-state index < -0.39 is 0 Å². The van der Waals surface area contributed by atoms with Gasteiger partial charge in [-0.2, -0.15) is 0 Å². The van der Waals surface area contributed by atoms with Gasteiger partial charge in [0.2, 0.25) is 0 Å². The lowest BCUT2D eigenvalue weighted by Gasteiger charge is -1.99. The van der Waals surface area contributed by atoms with Crippen LogP contribution in [0.25, 0.3) is 0 Å². The molecule has 0 unspecified atom stereocenters. The average molecular weight is 309 g/mol. The standard InChI is InChI=1S/C20H36O2/c1-3-4-5-6-7-8-9-10-11-12-13-14-15-16-17-18-19-22-20(2)21/h6-7,15-16H,3-5,8-14,17-19H2,1-2H3/b7-6-,16-15+. The lowest BCUT2D eigenvalue weighted by molar-refractivity contribution is -0.141. The Hall–Kier alpha value is -1.05. The minimum Gasteiger partial charge on any atom is -0.466 e. The summed E-state index contributed by atoms with van der Waals surface area (Å²) in [6, 6.07) is 0. The third-order valence-electron chi connectivity index (χ3n) is 3.62. The monoisotopic (exact) mass is 308 g/mol. The highest BCUT2D eigenvalue weighted by molar-refractivity contribution is 5.65. The minimum absolute atomic E-state index is 0.180. The minimum atomic E-state index is -0.180. The van der Waals surface area contributed by atoms with Gasteiger partial charge in [-0.15, -0.1) is 0 Å². The maximum atomic E-state index is 10.6. The van der Waals surface area contributed by atoms with Crippen molar-refractivity contribution in [3.05, 3.63) is 24.3 Å². The van der Waals surface area contributed by atoms with Gasteiger partial charge < -0.3 is 4.74 Å². The van der Waals surface area contributed by atoms with E-state index in [9.17, 15) is 4.79 Å². The summed E-state index contributed by atoms with van der Waals surface area (Å²) in [5, 5.41) is 0. The molecule has 0 aliphatic carbocycles. The van der Waals surface area contributed by atoms with Crippen molar-refractivity contribution in [3.63, 3.8) is 0 Å². The van der Waals surface area contributed by atoms with Crippen molar-refractivity contribution in [2.45, 2.75) is 90.9 Å². The number of carbonyl (C=O) groups excluding carboxylic acids is 1. The molecule has 2 nitrogen and oxygen atoms in total. The molecule has 0 bridgehead atoms. The molecule has 0 aromatic rings.